The number of carbonyl (C=O) groups excluding carboxylic acids is 1. The van der Waals surface area contributed by atoms with Crippen LogP contribution in [0.3, 0.4) is 0 Å². The largest absolute Gasteiger partial charge is 0.399 e. The molecular formula is C15H19ClN4O. The second-order valence-corrected chi connectivity index (χ2v) is 5.22. The number of hydrogen-bond donors (Lipinski definition) is 2. The summed E-state index contributed by atoms with van der Waals surface area (Å²) in [6.07, 6.45) is 3.48. The Labute approximate surface area is 129 Å². The molecule has 112 valence electrons. The van der Waals surface area contributed by atoms with Crippen LogP contribution < -0.4 is 11.1 Å². The topological polar surface area (TPSA) is 72.9 Å². The Morgan fingerprint density at radius 2 is 2.05 bits per heavy atom. The van der Waals surface area contributed by atoms with E-state index in [2.05, 4.69) is 10.4 Å². The van der Waals surface area contributed by atoms with E-state index < -0.39 is 0 Å². The van der Waals surface area contributed by atoms with Gasteiger partial charge in [-0.3, -0.25) is 9.48 Å². The van der Waals surface area contributed by atoms with E-state index in [1.54, 1.807) is 4.68 Å². The molecule has 0 spiro atoms. The maximum absolute atomic E-state index is 12.1. The van der Waals surface area contributed by atoms with Crippen molar-refractivity contribution in [2.75, 3.05) is 11.1 Å². The molecule has 1 aromatic heterocycles. The van der Waals surface area contributed by atoms with Gasteiger partial charge < -0.3 is 11.1 Å². The van der Waals surface area contributed by atoms with Crippen molar-refractivity contribution >= 4 is 29.8 Å². The van der Waals surface area contributed by atoms with E-state index in [1.807, 2.05) is 31.3 Å². The van der Waals surface area contributed by atoms with Gasteiger partial charge in [-0.05, 0) is 37.0 Å². The van der Waals surface area contributed by atoms with Crippen molar-refractivity contribution in [1.82, 2.24) is 9.78 Å². The lowest BCUT2D eigenvalue weighted by Gasteiger charge is -2.08. The second-order valence-electron chi connectivity index (χ2n) is 5.22. The number of halogens is 1. The fraction of sp³-hybridized carbons (Fsp3) is 0.333. The first-order chi connectivity index (χ1) is 9.63. The number of hydrogen-bond acceptors (Lipinski definition) is 3. The predicted octanol–water partition coefficient (Wildman–Crippen LogP) is 2.09. The summed E-state index contributed by atoms with van der Waals surface area (Å²) in [4.78, 5) is 12.1. The number of amides is 1. The molecule has 5 nitrogen and oxygen atoms in total. The molecule has 6 heteroatoms. The lowest BCUT2D eigenvalue weighted by atomic mass is 10.1. The number of rotatable bonds is 3. The first kappa shape index (κ1) is 15.4. The standard InChI is InChI=1S/C15H18N4O.ClH/c1-19-15(12-3-2-4-13(12)18-19)17-14(20)9-10-5-7-11(16)8-6-10;/h5-8H,2-4,9,16H2,1H3,(H,17,20);1H. The van der Waals surface area contributed by atoms with E-state index in [9.17, 15) is 4.79 Å². The van der Waals surface area contributed by atoms with Crippen molar-refractivity contribution in [1.29, 1.82) is 0 Å². The van der Waals surface area contributed by atoms with E-state index in [4.69, 9.17) is 5.73 Å². The van der Waals surface area contributed by atoms with Crippen molar-refractivity contribution in [2.24, 2.45) is 7.05 Å². The lowest BCUT2D eigenvalue weighted by molar-refractivity contribution is -0.115. The van der Waals surface area contributed by atoms with Crippen LogP contribution in [-0.4, -0.2) is 15.7 Å². The molecule has 0 radical (unpaired) electrons. The molecule has 1 aromatic carbocycles. The van der Waals surface area contributed by atoms with Gasteiger partial charge in [0.25, 0.3) is 0 Å². The molecular weight excluding hydrogens is 288 g/mol. The monoisotopic (exact) mass is 306 g/mol. The van der Waals surface area contributed by atoms with Gasteiger partial charge in [0.05, 0.1) is 12.1 Å². The molecule has 3 N–H and O–H groups in total. The van der Waals surface area contributed by atoms with Crippen molar-refractivity contribution in [2.45, 2.75) is 25.7 Å². The summed E-state index contributed by atoms with van der Waals surface area (Å²) in [5, 5.41) is 7.43. The summed E-state index contributed by atoms with van der Waals surface area (Å²) < 4.78 is 1.77. The zero-order valence-electron chi connectivity index (χ0n) is 11.9. The average Bonchev–Trinajstić information content (AvgIpc) is 2.96. The first-order valence-electron chi connectivity index (χ1n) is 6.82. The van der Waals surface area contributed by atoms with Crippen molar-refractivity contribution in [3.8, 4) is 0 Å². The third-order valence-corrected chi connectivity index (χ3v) is 3.67. The minimum atomic E-state index is -0.0209. The van der Waals surface area contributed by atoms with Crippen LogP contribution >= 0.6 is 12.4 Å². The van der Waals surface area contributed by atoms with Gasteiger partial charge in [0.15, 0.2) is 0 Å². The van der Waals surface area contributed by atoms with Crippen LogP contribution in [0.4, 0.5) is 11.5 Å². The van der Waals surface area contributed by atoms with E-state index in [1.165, 1.54) is 5.56 Å². The normalized spacial score (nSPS) is 12.6. The molecule has 21 heavy (non-hydrogen) atoms. The van der Waals surface area contributed by atoms with Gasteiger partial charge in [-0.2, -0.15) is 5.10 Å². The molecule has 0 saturated heterocycles. The molecule has 0 fully saturated rings. The molecule has 1 aliphatic rings. The van der Waals surface area contributed by atoms with Crippen LogP contribution in [0.5, 0.6) is 0 Å². The first-order valence-corrected chi connectivity index (χ1v) is 6.82. The van der Waals surface area contributed by atoms with Gasteiger partial charge in [-0.1, -0.05) is 12.1 Å². The zero-order chi connectivity index (χ0) is 14.1. The molecule has 0 bridgehead atoms. The van der Waals surface area contributed by atoms with Crippen LogP contribution in [0.1, 0.15) is 23.2 Å². The Morgan fingerprint density at radius 3 is 2.76 bits per heavy atom. The summed E-state index contributed by atoms with van der Waals surface area (Å²) in [7, 11) is 1.87. The minimum Gasteiger partial charge on any atom is -0.399 e. The number of nitrogens with one attached hydrogen (secondary N) is 1. The summed E-state index contributed by atoms with van der Waals surface area (Å²) in [5.41, 5.74) is 9.61. The van der Waals surface area contributed by atoms with Crippen LogP contribution in [0.25, 0.3) is 0 Å². The summed E-state index contributed by atoms with van der Waals surface area (Å²) >= 11 is 0. The van der Waals surface area contributed by atoms with Crippen molar-refractivity contribution in [3.63, 3.8) is 0 Å². The maximum Gasteiger partial charge on any atom is 0.229 e. The number of anilines is 2. The highest BCUT2D eigenvalue weighted by Crippen LogP contribution is 2.28. The SMILES string of the molecule is Cl.Cn1nc2c(c1NC(=O)Cc1ccc(N)cc1)CCC2. The molecule has 3 rings (SSSR count). The molecule has 0 saturated carbocycles. The zero-order valence-corrected chi connectivity index (χ0v) is 12.7. The number of carbonyl (C=O) groups is 1. The quantitative estimate of drug-likeness (QED) is 0.853. The number of nitrogens with zero attached hydrogens (tertiary/aromatic N) is 2. The maximum atomic E-state index is 12.1. The Bertz CT molecular complexity index is 648. The van der Waals surface area contributed by atoms with E-state index in [0.717, 1.165) is 36.3 Å². The van der Waals surface area contributed by atoms with Crippen LogP contribution in [0.15, 0.2) is 24.3 Å². The van der Waals surface area contributed by atoms with E-state index in [0.29, 0.717) is 12.1 Å². The molecule has 1 amide bonds. The number of nitrogens with two attached hydrogens (primary N) is 1. The van der Waals surface area contributed by atoms with Gasteiger partial charge in [0.1, 0.15) is 5.82 Å². The number of aromatic nitrogens is 2. The molecule has 0 unspecified atom stereocenters. The van der Waals surface area contributed by atoms with Gasteiger partial charge >= 0.3 is 0 Å². The van der Waals surface area contributed by atoms with Crippen LogP contribution in [0.2, 0.25) is 0 Å². The fourth-order valence-corrected chi connectivity index (χ4v) is 2.67. The summed E-state index contributed by atoms with van der Waals surface area (Å²) in [6.45, 7) is 0. The molecule has 2 aromatic rings. The Hall–Kier alpha value is -2.01. The van der Waals surface area contributed by atoms with Crippen molar-refractivity contribution < 1.29 is 4.79 Å². The molecule has 1 heterocycles. The van der Waals surface area contributed by atoms with Gasteiger partial charge in [0, 0.05) is 18.3 Å². The predicted molar refractivity (Wildman–Crippen MR) is 85.7 cm³/mol. The van der Waals surface area contributed by atoms with Gasteiger partial charge in [-0.15, -0.1) is 12.4 Å². The summed E-state index contributed by atoms with van der Waals surface area (Å²) in [5.74, 6) is 0.824. The highest BCUT2D eigenvalue weighted by atomic mass is 35.5. The molecule has 1 aliphatic carbocycles. The number of aryl methyl sites for hydroxylation is 2. The average molecular weight is 307 g/mol. The number of fused-ring (bicyclic) bond motifs is 1. The fourth-order valence-electron chi connectivity index (χ4n) is 2.67. The number of nitrogen functional groups attached to an aromatic ring is 1. The summed E-state index contributed by atoms with van der Waals surface area (Å²) in [6, 6.07) is 7.37. The highest BCUT2D eigenvalue weighted by molar-refractivity contribution is 5.92. The van der Waals surface area contributed by atoms with Crippen LogP contribution in [0, 0.1) is 0 Å². The van der Waals surface area contributed by atoms with Crippen molar-refractivity contribution in [3.05, 3.63) is 41.1 Å². The third-order valence-electron chi connectivity index (χ3n) is 3.67. The Kier molecular flexibility index (Phi) is 4.53. The lowest BCUT2D eigenvalue weighted by Crippen LogP contribution is -2.17. The van der Waals surface area contributed by atoms with Crippen LogP contribution in [-0.2, 0) is 31.1 Å². The number of benzene rings is 1. The minimum absolute atomic E-state index is 0. The highest BCUT2D eigenvalue weighted by Gasteiger charge is 2.21. The van der Waals surface area contributed by atoms with E-state index >= 15 is 0 Å². The molecule has 0 atom stereocenters. The molecule has 0 aliphatic heterocycles. The third kappa shape index (κ3) is 3.19. The smallest absolute Gasteiger partial charge is 0.229 e. The van der Waals surface area contributed by atoms with E-state index in [-0.39, 0.29) is 18.3 Å². The second kappa shape index (κ2) is 6.18. The van der Waals surface area contributed by atoms with Gasteiger partial charge in [-0.25, -0.2) is 0 Å². The Balaban J connectivity index is 0.00000161. The Morgan fingerprint density at radius 1 is 1.33 bits per heavy atom. The van der Waals surface area contributed by atoms with Gasteiger partial charge in [0.2, 0.25) is 5.91 Å².